The van der Waals surface area contributed by atoms with E-state index >= 15 is 0 Å². The third-order valence-corrected chi connectivity index (χ3v) is 5.23. The van der Waals surface area contributed by atoms with Crippen LogP contribution in [-0.2, 0) is 0 Å². The van der Waals surface area contributed by atoms with E-state index in [2.05, 4.69) is 22.1 Å². The van der Waals surface area contributed by atoms with Crippen LogP contribution in [0.25, 0.3) is 0 Å². The van der Waals surface area contributed by atoms with Crippen LogP contribution < -0.4 is 0 Å². The average molecular weight is 315 g/mol. The average Bonchev–Trinajstić information content (AvgIpc) is 3.18. The van der Waals surface area contributed by atoms with Crippen molar-refractivity contribution in [2.45, 2.75) is 50.6 Å². The molecule has 1 fully saturated rings. The van der Waals surface area contributed by atoms with E-state index in [0.717, 1.165) is 17.0 Å². The van der Waals surface area contributed by atoms with Gasteiger partial charge in [-0.1, -0.05) is 36.7 Å². The minimum absolute atomic E-state index is 0.125. The second-order valence-electron chi connectivity index (χ2n) is 6.00. The number of thioether (sulfide) groups is 1. The summed E-state index contributed by atoms with van der Waals surface area (Å²) in [5.74, 6) is 2.01. The van der Waals surface area contributed by atoms with E-state index < -0.39 is 0 Å². The van der Waals surface area contributed by atoms with Gasteiger partial charge in [-0.25, -0.2) is 4.98 Å². The van der Waals surface area contributed by atoms with Gasteiger partial charge in [-0.05, 0) is 43.9 Å². The lowest BCUT2D eigenvalue weighted by Gasteiger charge is -2.04. The Hall–Kier alpha value is -1.62. The Balaban J connectivity index is 1.59. The van der Waals surface area contributed by atoms with Gasteiger partial charge in [-0.15, -0.1) is 5.10 Å². The summed E-state index contributed by atoms with van der Waals surface area (Å²) in [5.41, 5.74) is 3.12. The van der Waals surface area contributed by atoms with Crippen LogP contribution in [0.1, 0.15) is 58.9 Å². The van der Waals surface area contributed by atoms with Crippen LogP contribution in [0.4, 0.5) is 0 Å². The lowest BCUT2D eigenvalue weighted by molar-refractivity contribution is 0.102. The molecule has 3 rings (SSSR count). The van der Waals surface area contributed by atoms with Crippen molar-refractivity contribution in [2.75, 3.05) is 5.75 Å². The normalized spacial score (nSPS) is 15.4. The summed E-state index contributed by atoms with van der Waals surface area (Å²) in [5, 5.41) is 7.95. The first kappa shape index (κ1) is 15.3. The number of nitrogens with one attached hydrogen (secondary N) is 1. The number of aromatic nitrogens is 3. The molecule has 1 N–H and O–H groups in total. The predicted molar refractivity (Wildman–Crippen MR) is 88.6 cm³/mol. The molecule has 116 valence electrons. The van der Waals surface area contributed by atoms with E-state index in [-0.39, 0.29) is 5.78 Å². The molecule has 0 atom stereocenters. The van der Waals surface area contributed by atoms with E-state index in [0.29, 0.717) is 16.8 Å². The summed E-state index contributed by atoms with van der Waals surface area (Å²) in [6.45, 7) is 4.08. The zero-order chi connectivity index (χ0) is 15.5. The maximum atomic E-state index is 12.3. The van der Waals surface area contributed by atoms with Crippen molar-refractivity contribution >= 4 is 17.5 Å². The van der Waals surface area contributed by atoms with Crippen LogP contribution in [0.3, 0.4) is 0 Å². The molecule has 0 amide bonds. The number of hydrogen-bond acceptors (Lipinski definition) is 4. The molecule has 1 saturated carbocycles. The molecular weight excluding hydrogens is 294 g/mol. The molecule has 22 heavy (non-hydrogen) atoms. The van der Waals surface area contributed by atoms with E-state index in [1.807, 2.05) is 25.1 Å². The van der Waals surface area contributed by atoms with Crippen LogP contribution in [0, 0.1) is 13.8 Å². The minimum atomic E-state index is 0.125. The van der Waals surface area contributed by atoms with E-state index in [1.165, 1.54) is 43.0 Å². The van der Waals surface area contributed by atoms with Crippen LogP contribution in [-0.4, -0.2) is 26.7 Å². The molecule has 1 aliphatic rings. The van der Waals surface area contributed by atoms with Gasteiger partial charge in [-0.3, -0.25) is 9.89 Å². The van der Waals surface area contributed by atoms with Gasteiger partial charge >= 0.3 is 0 Å². The van der Waals surface area contributed by atoms with Gasteiger partial charge in [0.05, 0.1) is 5.75 Å². The van der Waals surface area contributed by atoms with Crippen LogP contribution in [0.2, 0.25) is 0 Å². The largest absolute Gasteiger partial charge is 0.293 e. The molecule has 1 aromatic heterocycles. The number of benzene rings is 1. The lowest BCUT2D eigenvalue weighted by atomic mass is 10.0. The number of ketones is 1. The number of nitrogens with zero attached hydrogens (tertiary/aromatic N) is 2. The van der Waals surface area contributed by atoms with Crippen molar-refractivity contribution in [3.63, 3.8) is 0 Å². The van der Waals surface area contributed by atoms with Crippen LogP contribution in [0.15, 0.2) is 23.4 Å². The fourth-order valence-electron chi connectivity index (χ4n) is 2.83. The predicted octanol–water partition coefficient (Wildman–Crippen LogP) is 4.05. The summed E-state index contributed by atoms with van der Waals surface area (Å²) in [4.78, 5) is 16.8. The standard InChI is InChI=1S/C17H21N3OS/c1-11-7-8-14(9-12(11)2)15(21)10-22-17-18-16(19-20-17)13-5-3-4-6-13/h7-9,13H,3-6,10H2,1-2H3,(H,18,19,20). The molecule has 0 aliphatic heterocycles. The molecule has 1 heterocycles. The molecule has 2 aromatic rings. The van der Waals surface area contributed by atoms with Gasteiger partial charge in [0.15, 0.2) is 5.78 Å². The molecule has 0 saturated heterocycles. The SMILES string of the molecule is Cc1ccc(C(=O)CSc2n[nH]c(C3CCCC3)n2)cc1C. The van der Waals surface area contributed by atoms with Crippen molar-refractivity contribution < 1.29 is 4.79 Å². The molecular formula is C17H21N3OS. The zero-order valence-electron chi connectivity index (χ0n) is 13.1. The fraction of sp³-hybridized carbons (Fsp3) is 0.471. The van der Waals surface area contributed by atoms with Crippen molar-refractivity contribution in [3.05, 3.63) is 40.7 Å². The molecule has 0 bridgehead atoms. The number of H-pyrrole nitrogens is 1. The lowest BCUT2D eigenvalue weighted by Crippen LogP contribution is -2.03. The highest BCUT2D eigenvalue weighted by molar-refractivity contribution is 7.99. The van der Waals surface area contributed by atoms with Crippen LogP contribution >= 0.6 is 11.8 Å². The first-order valence-corrected chi connectivity index (χ1v) is 8.77. The van der Waals surface area contributed by atoms with Gasteiger partial charge < -0.3 is 0 Å². The number of carbonyl (C=O) groups is 1. The Kier molecular flexibility index (Phi) is 4.62. The summed E-state index contributed by atoms with van der Waals surface area (Å²) in [6, 6.07) is 5.85. The molecule has 0 radical (unpaired) electrons. The second kappa shape index (κ2) is 6.65. The summed E-state index contributed by atoms with van der Waals surface area (Å²) in [7, 11) is 0. The Morgan fingerprint density at radius 3 is 2.77 bits per heavy atom. The number of aryl methyl sites for hydroxylation is 2. The third kappa shape index (κ3) is 3.40. The van der Waals surface area contributed by atoms with Gasteiger partial charge in [-0.2, -0.15) is 0 Å². The smallest absolute Gasteiger partial charge is 0.208 e. The monoisotopic (exact) mass is 315 g/mol. The summed E-state index contributed by atoms with van der Waals surface area (Å²) >= 11 is 1.41. The van der Waals surface area contributed by atoms with Crippen molar-refractivity contribution in [1.82, 2.24) is 15.2 Å². The minimum Gasteiger partial charge on any atom is -0.293 e. The van der Waals surface area contributed by atoms with E-state index in [9.17, 15) is 4.79 Å². The Morgan fingerprint density at radius 1 is 1.27 bits per heavy atom. The number of hydrogen-bond donors (Lipinski definition) is 1. The van der Waals surface area contributed by atoms with Crippen molar-refractivity contribution in [2.24, 2.45) is 0 Å². The highest BCUT2D eigenvalue weighted by atomic mass is 32.2. The van der Waals surface area contributed by atoms with Gasteiger partial charge in [0.2, 0.25) is 5.16 Å². The van der Waals surface area contributed by atoms with Gasteiger partial charge in [0.25, 0.3) is 0 Å². The van der Waals surface area contributed by atoms with E-state index in [4.69, 9.17) is 0 Å². The summed E-state index contributed by atoms with van der Waals surface area (Å²) in [6.07, 6.45) is 4.94. The maximum absolute atomic E-state index is 12.3. The quantitative estimate of drug-likeness (QED) is 0.668. The molecule has 0 unspecified atom stereocenters. The molecule has 1 aromatic carbocycles. The summed E-state index contributed by atoms with van der Waals surface area (Å²) < 4.78 is 0. The molecule has 5 heteroatoms. The third-order valence-electron chi connectivity index (χ3n) is 4.39. The van der Waals surface area contributed by atoms with Crippen molar-refractivity contribution in [1.29, 1.82) is 0 Å². The maximum Gasteiger partial charge on any atom is 0.208 e. The highest BCUT2D eigenvalue weighted by Crippen LogP contribution is 2.32. The van der Waals surface area contributed by atoms with Crippen LogP contribution in [0.5, 0.6) is 0 Å². The Bertz CT molecular complexity index is 674. The number of Topliss-reactive ketones (excluding diaryl/α,β-unsaturated/α-hetero) is 1. The molecule has 0 spiro atoms. The number of carbonyl (C=O) groups excluding carboxylic acids is 1. The molecule has 1 aliphatic carbocycles. The first-order valence-electron chi connectivity index (χ1n) is 7.79. The topological polar surface area (TPSA) is 58.6 Å². The van der Waals surface area contributed by atoms with E-state index in [1.54, 1.807) is 0 Å². The van der Waals surface area contributed by atoms with Crippen molar-refractivity contribution in [3.8, 4) is 0 Å². The fourth-order valence-corrected chi connectivity index (χ4v) is 3.53. The number of rotatable bonds is 5. The highest BCUT2D eigenvalue weighted by Gasteiger charge is 2.21. The molecule has 4 nitrogen and oxygen atoms in total. The van der Waals surface area contributed by atoms with Gasteiger partial charge in [0, 0.05) is 11.5 Å². The van der Waals surface area contributed by atoms with Gasteiger partial charge in [0.1, 0.15) is 5.82 Å². The first-order chi connectivity index (χ1) is 10.6. The second-order valence-corrected chi connectivity index (χ2v) is 6.94. The Morgan fingerprint density at radius 2 is 2.05 bits per heavy atom. The zero-order valence-corrected chi connectivity index (χ0v) is 13.9. The Labute approximate surface area is 135 Å². The number of aromatic amines is 1.